The quantitative estimate of drug-likeness (QED) is 0.126. The zero-order valence-corrected chi connectivity index (χ0v) is 31.3. The van der Waals surface area contributed by atoms with Gasteiger partial charge in [-0.2, -0.15) is 11.8 Å². The molecule has 0 spiro atoms. The predicted molar refractivity (Wildman–Crippen MR) is 204 cm³/mol. The molecule has 2 bridgehead atoms. The molecule has 0 aromatic heterocycles. The maximum atomic E-state index is 13.7. The Morgan fingerprint density at radius 3 is 2.21 bits per heavy atom. The number of fused-ring (bicyclic) bond motifs is 13. The van der Waals surface area contributed by atoms with E-state index in [1.807, 2.05) is 84.9 Å². The van der Waals surface area contributed by atoms with Crippen molar-refractivity contribution in [3.63, 3.8) is 0 Å². The summed E-state index contributed by atoms with van der Waals surface area (Å²) in [6, 6.07) is 25.0. The van der Waals surface area contributed by atoms with E-state index < -0.39 is 24.1 Å². The highest BCUT2D eigenvalue weighted by Gasteiger charge is 2.28. The molecule has 52 heavy (non-hydrogen) atoms. The van der Waals surface area contributed by atoms with Gasteiger partial charge >= 0.3 is 18.1 Å². The Bertz CT molecular complexity index is 1480. The van der Waals surface area contributed by atoms with Crippen LogP contribution in [0.4, 0.5) is 9.59 Å². The third-order valence-electron chi connectivity index (χ3n) is 8.66. The number of nitrogens with one attached hydrogen (secondary N) is 4. The van der Waals surface area contributed by atoms with Gasteiger partial charge in [0.05, 0.1) is 13.2 Å². The van der Waals surface area contributed by atoms with Crippen LogP contribution in [0, 0.1) is 5.92 Å². The van der Waals surface area contributed by atoms with Crippen molar-refractivity contribution in [3.8, 4) is 5.75 Å². The molecule has 3 amide bonds. The van der Waals surface area contributed by atoms with Crippen molar-refractivity contribution >= 4 is 29.9 Å². The highest BCUT2D eigenvalue weighted by molar-refractivity contribution is 7.99. The summed E-state index contributed by atoms with van der Waals surface area (Å²) in [5.74, 6) is 1.31. The van der Waals surface area contributed by atoms with Crippen molar-refractivity contribution in [2.45, 2.75) is 77.4 Å². The van der Waals surface area contributed by atoms with Gasteiger partial charge in [-0.05, 0) is 60.9 Å². The molecule has 1 unspecified atom stereocenters. The topological polar surface area (TPSA) is 136 Å². The van der Waals surface area contributed by atoms with Gasteiger partial charge in [-0.1, -0.05) is 86.6 Å². The Morgan fingerprint density at radius 2 is 1.54 bits per heavy atom. The van der Waals surface area contributed by atoms with Crippen LogP contribution in [0.3, 0.4) is 0 Å². The summed E-state index contributed by atoms with van der Waals surface area (Å²) >= 11 is 1.42. The number of rotatable bonds is 13. The highest BCUT2D eigenvalue weighted by atomic mass is 32.2. The molecule has 5 rings (SSSR count). The average Bonchev–Trinajstić information content (AvgIpc) is 3.15. The predicted octanol–water partition coefficient (Wildman–Crippen LogP) is 5.86. The Morgan fingerprint density at radius 1 is 0.885 bits per heavy atom. The number of carbonyl (C=O) groups is 3. The standard InChI is InChI=1S/C40H54N4O7S/c1-29(2)36-27-48-21-10-11-22-49-34-18-16-31(17-19-34)24-35(30(3)42-36)43-39(46)44-37(38(45)50-25-32-12-6-4-7-13-32)28-52-23-20-41-40(47)51-26-33-14-8-5-9-15-33/h4-9,12-19,29-30,35-37,42H,10-11,20-28H2,1-3H3,(H,41,47)(H2,43,44,46)/t30?,35-,36-,37+/m1/s1. The van der Waals surface area contributed by atoms with Crippen LogP contribution in [-0.4, -0.2) is 80.1 Å². The fraction of sp³-hybridized carbons (Fsp3) is 0.475. The number of ether oxygens (including phenoxy) is 4. The molecule has 4 N–H and O–H groups in total. The summed E-state index contributed by atoms with van der Waals surface area (Å²) in [7, 11) is 0. The maximum absolute atomic E-state index is 13.7. The number of carbonyl (C=O) groups excluding carboxylic acids is 3. The largest absolute Gasteiger partial charge is 0.494 e. The number of hydrogen-bond acceptors (Lipinski definition) is 9. The first kappa shape index (κ1) is 40.5. The maximum Gasteiger partial charge on any atom is 0.407 e. The van der Waals surface area contributed by atoms with E-state index in [1.165, 1.54) is 11.8 Å². The van der Waals surface area contributed by atoms with Crippen molar-refractivity contribution in [3.05, 3.63) is 102 Å². The number of esters is 1. The fourth-order valence-corrected chi connectivity index (χ4v) is 6.36. The van der Waals surface area contributed by atoms with Gasteiger partial charge in [-0.3, -0.25) is 0 Å². The number of thioether (sulfide) groups is 1. The Labute approximate surface area is 312 Å². The molecule has 4 atom stereocenters. The second-order valence-electron chi connectivity index (χ2n) is 13.2. The van der Waals surface area contributed by atoms with Crippen molar-refractivity contribution in [2.24, 2.45) is 5.92 Å². The van der Waals surface area contributed by atoms with Crippen LogP contribution in [0.2, 0.25) is 0 Å². The van der Waals surface area contributed by atoms with E-state index in [1.54, 1.807) is 0 Å². The number of urea groups is 1. The smallest absolute Gasteiger partial charge is 0.407 e. The van der Waals surface area contributed by atoms with Crippen LogP contribution in [0.25, 0.3) is 0 Å². The summed E-state index contributed by atoms with van der Waals surface area (Å²) in [6.45, 7) is 8.78. The molecule has 282 valence electrons. The Kier molecular flexibility index (Phi) is 17.6. The van der Waals surface area contributed by atoms with Gasteiger partial charge < -0.3 is 40.2 Å². The molecular weight excluding hydrogens is 681 g/mol. The second kappa shape index (κ2) is 22.6. The molecule has 0 saturated heterocycles. The first-order chi connectivity index (χ1) is 25.3. The zero-order chi connectivity index (χ0) is 37.0. The highest BCUT2D eigenvalue weighted by Crippen LogP contribution is 2.17. The number of hydrogen-bond donors (Lipinski definition) is 4. The minimum Gasteiger partial charge on any atom is -0.494 e. The first-order valence-corrected chi connectivity index (χ1v) is 19.3. The summed E-state index contributed by atoms with van der Waals surface area (Å²) in [5, 5.41) is 12.5. The monoisotopic (exact) mass is 734 g/mol. The van der Waals surface area contributed by atoms with Gasteiger partial charge in [0.25, 0.3) is 0 Å². The molecule has 2 aliphatic rings. The number of amides is 3. The van der Waals surface area contributed by atoms with Crippen LogP contribution >= 0.6 is 11.8 Å². The van der Waals surface area contributed by atoms with Crippen molar-refractivity contribution < 1.29 is 33.3 Å². The van der Waals surface area contributed by atoms with E-state index in [4.69, 9.17) is 18.9 Å². The molecule has 2 heterocycles. The van der Waals surface area contributed by atoms with Crippen LogP contribution in [-0.2, 0) is 38.6 Å². The van der Waals surface area contributed by atoms with E-state index in [0.717, 1.165) is 35.3 Å². The van der Waals surface area contributed by atoms with Crippen LogP contribution < -0.4 is 26.0 Å². The molecule has 3 aromatic carbocycles. The average molecular weight is 735 g/mol. The van der Waals surface area contributed by atoms with Crippen LogP contribution in [0.5, 0.6) is 5.75 Å². The van der Waals surface area contributed by atoms with E-state index in [9.17, 15) is 14.4 Å². The first-order valence-electron chi connectivity index (χ1n) is 18.1. The molecule has 0 fully saturated rings. The lowest BCUT2D eigenvalue weighted by molar-refractivity contribution is -0.146. The lowest BCUT2D eigenvalue weighted by atomic mass is 9.97. The summed E-state index contributed by atoms with van der Waals surface area (Å²) < 4.78 is 22.9. The van der Waals surface area contributed by atoms with Gasteiger partial charge in [-0.25, -0.2) is 14.4 Å². The van der Waals surface area contributed by atoms with Crippen molar-refractivity contribution in [1.82, 2.24) is 21.3 Å². The third-order valence-corrected chi connectivity index (χ3v) is 9.72. The lowest BCUT2D eigenvalue weighted by Gasteiger charge is -2.32. The van der Waals surface area contributed by atoms with Gasteiger partial charge in [-0.15, -0.1) is 0 Å². The number of benzene rings is 3. The van der Waals surface area contributed by atoms with Gasteiger partial charge in [0.1, 0.15) is 25.0 Å². The molecule has 0 aliphatic carbocycles. The fourth-order valence-electron chi connectivity index (χ4n) is 5.49. The summed E-state index contributed by atoms with van der Waals surface area (Å²) in [6.07, 6.45) is 1.86. The Hall–Kier alpha value is -4.26. The zero-order valence-electron chi connectivity index (χ0n) is 30.5. The van der Waals surface area contributed by atoms with Gasteiger partial charge in [0.2, 0.25) is 0 Å². The summed E-state index contributed by atoms with van der Waals surface area (Å²) in [4.78, 5) is 39.2. The molecule has 3 aromatic rings. The van der Waals surface area contributed by atoms with E-state index in [2.05, 4.69) is 42.0 Å². The normalized spacial score (nSPS) is 18.8. The molecular formula is C40H54N4O7S. The molecule has 2 aliphatic heterocycles. The van der Waals surface area contributed by atoms with E-state index >= 15 is 0 Å². The molecule has 0 saturated carbocycles. The molecule has 12 heteroatoms. The van der Waals surface area contributed by atoms with Crippen molar-refractivity contribution in [1.29, 1.82) is 0 Å². The van der Waals surface area contributed by atoms with Crippen LogP contribution in [0.1, 0.15) is 50.3 Å². The minimum atomic E-state index is -0.929. The molecule has 11 nitrogen and oxygen atoms in total. The van der Waals surface area contributed by atoms with Gasteiger partial charge in [0.15, 0.2) is 0 Å². The Balaban J connectivity index is 1.38. The third kappa shape index (κ3) is 15.1. The second-order valence-corrected chi connectivity index (χ2v) is 14.4. The lowest BCUT2D eigenvalue weighted by Crippen LogP contribution is -2.58. The van der Waals surface area contributed by atoms with E-state index in [0.29, 0.717) is 44.5 Å². The minimum absolute atomic E-state index is 0.0789. The van der Waals surface area contributed by atoms with E-state index in [-0.39, 0.29) is 37.1 Å². The van der Waals surface area contributed by atoms with Crippen molar-refractivity contribution in [2.75, 3.05) is 37.9 Å². The van der Waals surface area contributed by atoms with Crippen LogP contribution in [0.15, 0.2) is 84.9 Å². The SMILES string of the molecule is CC(C)[C@H]1COCCCCOc2ccc(cc2)C[C@@H](NC(=O)N[C@@H](CSCCNC(=O)OCc2ccccc2)C(=O)OCc2ccccc2)C(C)N1. The van der Waals surface area contributed by atoms with Gasteiger partial charge in [0, 0.05) is 42.8 Å². The summed E-state index contributed by atoms with van der Waals surface area (Å²) in [5.41, 5.74) is 2.78. The number of alkyl carbamates (subject to hydrolysis) is 1. The molecule has 0 radical (unpaired) electrons.